The summed E-state index contributed by atoms with van der Waals surface area (Å²) in [6, 6.07) is 5.67. The summed E-state index contributed by atoms with van der Waals surface area (Å²) in [5.41, 5.74) is 0.127. The van der Waals surface area contributed by atoms with Gasteiger partial charge in [0, 0.05) is 24.8 Å². The Morgan fingerprint density at radius 1 is 0.493 bits per heavy atom. The Morgan fingerprint density at radius 3 is 0.986 bits per heavy atom. The maximum absolute atomic E-state index is 12.0. The molecule has 2 heterocycles. The molecule has 0 spiro atoms. The number of phosphoric acid groups is 4. The number of carbonyl (C=O) groups excluding carboxylic acids is 2. The Bertz CT molecular complexity index is 1890. The van der Waals surface area contributed by atoms with Gasteiger partial charge in [0.2, 0.25) is 0 Å². The van der Waals surface area contributed by atoms with E-state index in [-0.39, 0.29) is 124 Å². The standard InChI is InChI=1S/2C15H23NO15P2.3Ca/c2*17-8(5-28-15(22)7-2-1-3-16-4-7)6-29-33(26,27)31-14-11(20)9(18)13(10(19)12(14)21)30-32(23,24)25;;;/h2*1-4,8-14,17-21H,5-6H2,(H,26,27)(H2,23,24,25);;;/q;;3*+2/p-6. The zero-order valence-electron chi connectivity index (χ0n) is 35.0. The molecule has 69 heavy (non-hydrogen) atoms. The van der Waals surface area contributed by atoms with E-state index in [0.29, 0.717) is 0 Å². The van der Waals surface area contributed by atoms with Gasteiger partial charge in [-0.2, -0.15) is 0 Å². The first-order valence-electron chi connectivity index (χ1n) is 18.1. The van der Waals surface area contributed by atoms with E-state index in [0.717, 1.165) is 0 Å². The number of aliphatic hydroxyl groups is 10. The fourth-order valence-corrected chi connectivity index (χ4v) is 8.47. The van der Waals surface area contributed by atoms with Crippen LogP contribution in [0.4, 0.5) is 0 Å². The molecular formula is C30H40Ca3N2O30P4. The van der Waals surface area contributed by atoms with Gasteiger partial charge in [-0.25, -0.2) is 9.59 Å². The summed E-state index contributed by atoms with van der Waals surface area (Å²) in [4.78, 5) is 97.6. The minimum Gasteiger partial charge on any atom is -0.790 e. The maximum atomic E-state index is 12.0. The summed E-state index contributed by atoms with van der Waals surface area (Å²) in [6.45, 7) is -3.37. The van der Waals surface area contributed by atoms with Crippen LogP contribution in [0.1, 0.15) is 20.7 Å². The molecule has 0 saturated heterocycles. The van der Waals surface area contributed by atoms with Crippen LogP contribution in [0, 0.1) is 0 Å². The fraction of sp³-hybridized carbons (Fsp3) is 0.600. The average molecular weight is 1150 g/mol. The summed E-state index contributed by atoms with van der Waals surface area (Å²) in [6.07, 6.45) is -26.1. The first kappa shape index (κ1) is 70.1. The van der Waals surface area contributed by atoms with Gasteiger partial charge in [0.15, 0.2) is 0 Å². The van der Waals surface area contributed by atoms with Crippen LogP contribution in [0.3, 0.4) is 0 Å². The van der Waals surface area contributed by atoms with E-state index in [4.69, 9.17) is 9.47 Å². The number of aromatic nitrogens is 2. The zero-order valence-corrected chi connectivity index (χ0v) is 45.2. The average Bonchev–Trinajstić information content (AvgIpc) is 3.25. The second-order valence-corrected chi connectivity index (χ2v) is 18.5. The van der Waals surface area contributed by atoms with Gasteiger partial charge in [-0.05, 0) is 24.3 Å². The third-order valence-electron chi connectivity index (χ3n) is 8.55. The van der Waals surface area contributed by atoms with Gasteiger partial charge >= 0.3 is 125 Å². The van der Waals surface area contributed by atoms with Crippen LogP contribution in [-0.4, -0.2) is 298 Å². The van der Waals surface area contributed by atoms with Crippen molar-refractivity contribution in [3.63, 3.8) is 0 Å². The van der Waals surface area contributed by atoms with Crippen LogP contribution in [0.2, 0.25) is 0 Å². The SMILES string of the molecule is O=C(OCC(O)COP(=O)([O-])OC1C(O)C(O)C(OP(=O)([O-])[O-])C(O)C1O)c1cccnc1.O=C(OCC(O)COP(=O)([O-])OC1C(O)C(O)C(OP(=O)([O-])[O-])C(O)C1O)c1cccnc1.[Ca+2].[Ca+2].[Ca+2]. The molecule has 2 aliphatic rings. The fourth-order valence-electron chi connectivity index (χ4n) is 5.45. The Kier molecular flexibility index (Phi) is 31.8. The molecule has 12 unspecified atom stereocenters. The molecule has 2 aromatic heterocycles. The van der Waals surface area contributed by atoms with E-state index >= 15 is 0 Å². The third kappa shape index (κ3) is 23.5. The van der Waals surface area contributed by atoms with Crippen LogP contribution < -0.4 is 29.4 Å². The van der Waals surface area contributed by atoms with Crippen LogP contribution in [-0.2, 0) is 54.9 Å². The molecule has 0 radical (unpaired) electrons. The Hall–Kier alpha value is 1.06. The van der Waals surface area contributed by atoms with Crippen molar-refractivity contribution in [2.75, 3.05) is 26.4 Å². The van der Waals surface area contributed by atoms with Crippen LogP contribution in [0.25, 0.3) is 0 Å². The van der Waals surface area contributed by atoms with E-state index in [2.05, 4.69) is 37.1 Å². The molecule has 2 aromatic rings. The molecule has 0 amide bonds. The molecule has 4 rings (SSSR count). The number of pyridine rings is 2. The minimum atomic E-state index is -5.77. The van der Waals surface area contributed by atoms with Crippen molar-refractivity contribution in [2.45, 2.75) is 85.5 Å². The predicted octanol–water partition coefficient (Wildman–Crippen LogP) is -10.9. The van der Waals surface area contributed by atoms with Gasteiger partial charge in [0.05, 0.1) is 40.0 Å². The molecule has 12 atom stereocenters. The molecule has 0 aliphatic heterocycles. The summed E-state index contributed by atoms with van der Waals surface area (Å²) < 4.78 is 80.2. The van der Waals surface area contributed by atoms with Crippen molar-refractivity contribution in [2.24, 2.45) is 0 Å². The maximum Gasteiger partial charge on any atom is 2.00 e. The van der Waals surface area contributed by atoms with E-state index < -0.39 is 155 Å². The van der Waals surface area contributed by atoms with Gasteiger partial charge < -0.3 is 126 Å². The molecule has 2 saturated carbocycles. The number of phosphoric ester groups is 4. The normalized spacial score (nSPS) is 29.6. The predicted molar refractivity (Wildman–Crippen MR) is 208 cm³/mol. The van der Waals surface area contributed by atoms with Crippen LogP contribution >= 0.6 is 31.3 Å². The van der Waals surface area contributed by atoms with E-state index in [1.807, 2.05) is 0 Å². The molecule has 10 N–H and O–H groups in total. The van der Waals surface area contributed by atoms with Crippen LogP contribution in [0.5, 0.6) is 0 Å². The number of nitrogens with zero attached hydrogens (tertiary/aromatic N) is 2. The molecule has 0 aromatic carbocycles. The number of ether oxygens (including phenoxy) is 2. The number of esters is 2. The number of aliphatic hydroxyl groups excluding tert-OH is 10. The Balaban J connectivity index is 0.00000128. The summed E-state index contributed by atoms with van der Waals surface area (Å²) >= 11 is 0. The molecule has 0 bridgehead atoms. The van der Waals surface area contributed by atoms with Gasteiger partial charge in [-0.3, -0.25) is 19.1 Å². The first-order valence-corrected chi connectivity index (χ1v) is 23.9. The van der Waals surface area contributed by atoms with Crippen LogP contribution in [0.15, 0.2) is 49.1 Å². The van der Waals surface area contributed by atoms with Crippen molar-refractivity contribution >= 4 is 156 Å². The van der Waals surface area contributed by atoms with Gasteiger partial charge in [0.1, 0.15) is 98.7 Å². The molecule has 2 aliphatic carbocycles. The smallest absolute Gasteiger partial charge is 0.790 e. The third-order valence-corrected chi connectivity index (χ3v) is 11.5. The molecule has 39 heteroatoms. The van der Waals surface area contributed by atoms with Gasteiger partial charge in [-0.1, -0.05) is 0 Å². The topological polar surface area (TPSA) is 543 Å². The summed E-state index contributed by atoms with van der Waals surface area (Å²) in [5.74, 6) is -1.73. The first-order chi connectivity index (χ1) is 30.4. The Morgan fingerprint density at radius 2 is 0.754 bits per heavy atom. The van der Waals surface area contributed by atoms with Crippen molar-refractivity contribution in [1.29, 1.82) is 0 Å². The van der Waals surface area contributed by atoms with Crippen molar-refractivity contribution in [3.8, 4) is 0 Å². The van der Waals surface area contributed by atoms with E-state index in [9.17, 15) is 108 Å². The van der Waals surface area contributed by atoms with E-state index in [1.54, 1.807) is 0 Å². The van der Waals surface area contributed by atoms with Gasteiger partial charge in [-0.15, -0.1) is 0 Å². The van der Waals surface area contributed by atoms with E-state index in [1.165, 1.54) is 49.1 Å². The minimum absolute atomic E-state index is 0. The molecular weight excluding hydrogens is 1110 g/mol. The second-order valence-electron chi connectivity index (χ2n) is 13.6. The number of carbonyl (C=O) groups is 2. The number of rotatable bonds is 20. The number of hydrogen-bond donors (Lipinski definition) is 10. The molecule has 2 fully saturated rings. The largest absolute Gasteiger partial charge is 2.00 e. The second kappa shape index (κ2) is 31.3. The van der Waals surface area contributed by atoms with Crippen molar-refractivity contribution in [1.82, 2.24) is 9.97 Å². The van der Waals surface area contributed by atoms with Crippen molar-refractivity contribution < 1.29 is 145 Å². The molecule has 376 valence electrons. The Labute approximate surface area is 478 Å². The quantitative estimate of drug-likeness (QED) is 0.0334. The number of hydrogen-bond acceptors (Lipinski definition) is 32. The molecule has 32 nitrogen and oxygen atoms in total. The summed E-state index contributed by atoms with van der Waals surface area (Å²) in [7, 11) is -22.4. The van der Waals surface area contributed by atoms with Crippen molar-refractivity contribution in [3.05, 3.63) is 60.2 Å². The monoisotopic (exact) mass is 1150 g/mol. The van der Waals surface area contributed by atoms with Gasteiger partial charge in [0.25, 0.3) is 15.6 Å². The summed E-state index contributed by atoms with van der Waals surface area (Å²) in [5, 5.41) is 98.6. The zero-order chi connectivity index (χ0) is 49.9.